The summed E-state index contributed by atoms with van der Waals surface area (Å²) in [4.78, 5) is 11.7. The molecule has 0 aliphatic rings. The van der Waals surface area contributed by atoms with Crippen LogP contribution in [0.5, 0.6) is 11.5 Å². The Morgan fingerprint density at radius 2 is 1.92 bits per heavy atom. The number of hydrogen-bond donors (Lipinski definition) is 2. The second-order valence-corrected chi connectivity index (χ2v) is 5.55. The molecule has 0 aromatic heterocycles. The maximum absolute atomic E-state index is 11.7. The van der Waals surface area contributed by atoms with Gasteiger partial charge < -0.3 is 20.1 Å². The van der Waals surface area contributed by atoms with Crippen molar-refractivity contribution in [2.24, 2.45) is 0 Å². The van der Waals surface area contributed by atoms with E-state index in [1.807, 2.05) is 24.3 Å². The first-order chi connectivity index (χ1) is 11.7. The fraction of sp³-hybridized carbons (Fsp3) is 0.167. The van der Waals surface area contributed by atoms with Crippen molar-refractivity contribution < 1.29 is 14.3 Å². The van der Waals surface area contributed by atoms with Crippen LogP contribution < -0.4 is 20.1 Å². The summed E-state index contributed by atoms with van der Waals surface area (Å²) in [6, 6.07) is 14.3. The molecule has 24 heavy (non-hydrogen) atoms. The Morgan fingerprint density at radius 1 is 1.12 bits per heavy atom. The molecule has 2 aromatic carbocycles. The standard InChI is InChI=1S/C18H17BrN2O3/c1-23-16-9-7-15(8-10-16)21-18(22)20-11-2-3-12-24-17-6-4-5-14(19)13-17/h4-10,13H,11-12H2,1H3,(H2,20,21,22). The second kappa shape index (κ2) is 9.48. The maximum atomic E-state index is 11.7. The van der Waals surface area contributed by atoms with E-state index < -0.39 is 0 Å². The van der Waals surface area contributed by atoms with Crippen molar-refractivity contribution >= 4 is 27.6 Å². The van der Waals surface area contributed by atoms with Gasteiger partial charge >= 0.3 is 6.03 Å². The Balaban J connectivity index is 1.67. The molecule has 0 aliphatic carbocycles. The minimum Gasteiger partial charge on any atom is -0.497 e. The fourth-order valence-corrected chi connectivity index (χ4v) is 2.14. The molecule has 124 valence electrons. The number of carbonyl (C=O) groups excluding carboxylic acids is 1. The van der Waals surface area contributed by atoms with E-state index >= 15 is 0 Å². The maximum Gasteiger partial charge on any atom is 0.319 e. The third-order valence-electron chi connectivity index (χ3n) is 2.92. The minimum absolute atomic E-state index is 0.240. The quantitative estimate of drug-likeness (QED) is 0.768. The highest BCUT2D eigenvalue weighted by Gasteiger charge is 2.00. The molecule has 0 bridgehead atoms. The summed E-state index contributed by atoms with van der Waals surface area (Å²) in [5.74, 6) is 7.14. The number of urea groups is 1. The molecule has 2 aromatic rings. The summed E-state index contributed by atoms with van der Waals surface area (Å²) in [7, 11) is 1.59. The van der Waals surface area contributed by atoms with Gasteiger partial charge in [0.1, 0.15) is 18.1 Å². The number of hydrogen-bond acceptors (Lipinski definition) is 3. The van der Waals surface area contributed by atoms with E-state index in [1.165, 1.54) is 0 Å². The van der Waals surface area contributed by atoms with Gasteiger partial charge in [-0.1, -0.05) is 33.8 Å². The number of halogens is 1. The van der Waals surface area contributed by atoms with E-state index in [9.17, 15) is 4.79 Å². The lowest BCUT2D eigenvalue weighted by Crippen LogP contribution is -2.28. The van der Waals surface area contributed by atoms with E-state index in [1.54, 1.807) is 31.4 Å². The van der Waals surface area contributed by atoms with Crippen molar-refractivity contribution in [1.29, 1.82) is 0 Å². The van der Waals surface area contributed by atoms with Crippen molar-refractivity contribution in [3.05, 3.63) is 53.0 Å². The molecule has 0 aliphatic heterocycles. The van der Waals surface area contributed by atoms with Gasteiger partial charge in [0.25, 0.3) is 0 Å². The van der Waals surface area contributed by atoms with Crippen LogP contribution in [0.4, 0.5) is 10.5 Å². The van der Waals surface area contributed by atoms with E-state index in [-0.39, 0.29) is 19.2 Å². The molecule has 0 saturated carbocycles. The fourth-order valence-electron chi connectivity index (χ4n) is 1.76. The molecule has 0 atom stereocenters. The van der Waals surface area contributed by atoms with Crippen LogP contribution >= 0.6 is 15.9 Å². The zero-order valence-corrected chi connectivity index (χ0v) is 14.7. The second-order valence-electron chi connectivity index (χ2n) is 4.64. The number of anilines is 1. The predicted octanol–water partition coefficient (Wildman–Crippen LogP) is 3.66. The van der Waals surface area contributed by atoms with Gasteiger partial charge in [-0.05, 0) is 42.5 Å². The Hall–Kier alpha value is -2.65. The van der Waals surface area contributed by atoms with E-state index in [4.69, 9.17) is 9.47 Å². The highest BCUT2D eigenvalue weighted by molar-refractivity contribution is 9.10. The number of benzene rings is 2. The van der Waals surface area contributed by atoms with Gasteiger partial charge in [0.05, 0.1) is 13.7 Å². The number of carbonyl (C=O) groups is 1. The molecule has 0 fully saturated rings. The van der Waals surface area contributed by atoms with Crippen LogP contribution in [0.15, 0.2) is 53.0 Å². The van der Waals surface area contributed by atoms with Gasteiger partial charge in [-0.25, -0.2) is 4.79 Å². The summed E-state index contributed by atoms with van der Waals surface area (Å²) in [6.07, 6.45) is 0. The number of nitrogens with one attached hydrogen (secondary N) is 2. The molecule has 2 amide bonds. The highest BCUT2D eigenvalue weighted by atomic mass is 79.9. The zero-order chi connectivity index (χ0) is 17.2. The van der Waals surface area contributed by atoms with Crippen LogP contribution in [-0.2, 0) is 0 Å². The molecule has 5 nitrogen and oxygen atoms in total. The largest absolute Gasteiger partial charge is 0.497 e. The monoisotopic (exact) mass is 388 g/mol. The van der Waals surface area contributed by atoms with Crippen LogP contribution in [0.25, 0.3) is 0 Å². The van der Waals surface area contributed by atoms with Crippen molar-refractivity contribution in [2.45, 2.75) is 0 Å². The first kappa shape index (κ1) is 17.7. The Labute approximate surface area is 149 Å². The van der Waals surface area contributed by atoms with Crippen molar-refractivity contribution in [3.63, 3.8) is 0 Å². The minimum atomic E-state index is -0.317. The first-order valence-electron chi connectivity index (χ1n) is 7.20. The van der Waals surface area contributed by atoms with Gasteiger partial charge in [-0.3, -0.25) is 0 Å². The van der Waals surface area contributed by atoms with Crippen LogP contribution in [-0.4, -0.2) is 26.3 Å². The number of methoxy groups -OCH3 is 1. The Kier molecular flexibility index (Phi) is 6.99. The first-order valence-corrected chi connectivity index (χ1v) is 7.99. The zero-order valence-electron chi connectivity index (χ0n) is 13.1. The molecular weight excluding hydrogens is 372 g/mol. The van der Waals surface area contributed by atoms with Crippen LogP contribution in [0.1, 0.15) is 0 Å². The van der Waals surface area contributed by atoms with Gasteiger partial charge in [-0.15, -0.1) is 0 Å². The molecule has 6 heteroatoms. The lowest BCUT2D eigenvalue weighted by Gasteiger charge is -2.06. The summed E-state index contributed by atoms with van der Waals surface area (Å²) < 4.78 is 11.5. The summed E-state index contributed by atoms with van der Waals surface area (Å²) in [6.45, 7) is 0.502. The van der Waals surface area contributed by atoms with Crippen LogP contribution in [0.3, 0.4) is 0 Å². The Morgan fingerprint density at radius 3 is 2.62 bits per heavy atom. The molecule has 0 heterocycles. The van der Waals surface area contributed by atoms with Gasteiger partial charge in [0.15, 0.2) is 0 Å². The highest BCUT2D eigenvalue weighted by Crippen LogP contribution is 2.17. The van der Waals surface area contributed by atoms with Gasteiger partial charge in [0.2, 0.25) is 0 Å². The lowest BCUT2D eigenvalue weighted by atomic mass is 10.3. The van der Waals surface area contributed by atoms with E-state index in [2.05, 4.69) is 38.4 Å². The average molecular weight is 389 g/mol. The summed E-state index contributed by atoms with van der Waals surface area (Å²) in [5, 5.41) is 5.36. The van der Waals surface area contributed by atoms with E-state index in [0.717, 1.165) is 16.0 Å². The van der Waals surface area contributed by atoms with Crippen molar-refractivity contribution in [2.75, 3.05) is 25.6 Å². The predicted molar refractivity (Wildman–Crippen MR) is 97.4 cm³/mol. The van der Waals surface area contributed by atoms with Crippen LogP contribution in [0.2, 0.25) is 0 Å². The van der Waals surface area contributed by atoms with E-state index in [0.29, 0.717) is 5.69 Å². The SMILES string of the molecule is COc1ccc(NC(=O)NCC#CCOc2cccc(Br)c2)cc1. The molecule has 0 unspecified atom stereocenters. The van der Waals surface area contributed by atoms with Crippen LogP contribution in [0, 0.1) is 11.8 Å². The molecule has 2 rings (SSSR count). The lowest BCUT2D eigenvalue weighted by molar-refractivity contribution is 0.253. The molecule has 0 saturated heterocycles. The third-order valence-corrected chi connectivity index (χ3v) is 3.41. The molecule has 0 radical (unpaired) electrons. The molecule has 2 N–H and O–H groups in total. The summed E-state index contributed by atoms with van der Waals surface area (Å²) in [5.41, 5.74) is 0.680. The smallest absolute Gasteiger partial charge is 0.319 e. The van der Waals surface area contributed by atoms with Gasteiger partial charge in [0, 0.05) is 10.2 Å². The normalized spacial score (nSPS) is 9.42. The van der Waals surface area contributed by atoms with Crippen molar-refractivity contribution in [1.82, 2.24) is 5.32 Å². The number of amides is 2. The van der Waals surface area contributed by atoms with Crippen molar-refractivity contribution in [3.8, 4) is 23.3 Å². The average Bonchev–Trinajstić information content (AvgIpc) is 2.59. The topological polar surface area (TPSA) is 59.6 Å². The molecule has 0 spiro atoms. The van der Waals surface area contributed by atoms with Gasteiger partial charge in [-0.2, -0.15) is 0 Å². The summed E-state index contributed by atoms with van der Waals surface area (Å²) >= 11 is 3.37. The Bertz CT molecular complexity index is 736. The number of rotatable bonds is 5. The third kappa shape index (κ3) is 6.23. The number of ether oxygens (including phenoxy) is 2. The molecular formula is C18H17BrN2O3.